The summed E-state index contributed by atoms with van der Waals surface area (Å²) in [5, 5.41) is 16.2. The third-order valence-electron chi connectivity index (χ3n) is 1.96. The Morgan fingerprint density at radius 2 is 2.28 bits per heavy atom. The molecule has 0 amide bonds. The fourth-order valence-corrected chi connectivity index (χ4v) is 4.75. The van der Waals surface area contributed by atoms with Gasteiger partial charge in [0.1, 0.15) is 4.90 Å². The number of hydrogen-bond donors (Lipinski definition) is 2. The van der Waals surface area contributed by atoms with Gasteiger partial charge in [0.05, 0.1) is 10.4 Å². The number of aromatic nitrogens is 2. The van der Waals surface area contributed by atoms with Gasteiger partial charge in [0.25, 0.3) is 10.0 Å². The van der Waals surface area contributed by atoms with Gasteiger partial charge in [-0.25, -0.2) is 8.42 Å². The van der Waals surface area contributed by atoms with Crippen LogP contribution in [0.25, 0.3) is 0 Å². The SMILES string of the molecule is O=S(=O)(Nc1cccnn1)c1cc(CO)sc1Br. The van der Waals surface area contributed by atoms with Crippen LogP contribution in [0.4, 0.5) is 5.82 Å². The van der Waals surface area contributed by atoms with Gasteiger partial charge < -0.3 is 5.11 Å². The van der Waals surface area contributed by atoms with Crippen LogP contribution in [0, 0.1) is 0 Å². The van der Waals surface area contributed by atoms with Gasteiger partial charge in [0, 0.05) is 11.1 Å². The molecule has 0 saturated carbocycles. The van der Waals surface area contributed by atoms with Gasteiger partial charge in [-0.3, -0.25) is 4.72 Å². The zero-order valence-corrected chi connectivity index (χ0v) is 12.1. The van der Waals surface area contributed by atoms with Crippen LogP contribution in [0.1, 0.15) is 4.88 Å². The molecule has 0 aliphatic rings. The smallest absolute Gasteiger partial charge is 0.265 e. The standard InChI is InChI=1S/C9H8BrN3O3S2/c10-9-7(4-6(5-14)17-9)18(15,16)13-8-2-1-3-11-12-8/h1-4,14H,5H2,(H,12,13). The van der Waals surface area contributed by atoms with Gasteiger partial charge >= 0.3 is 0 Å². The van der Waals surface area contributed by atoms with Crippen molar-refractivity contribution in [3.8, 4) is 0 Å². The first-order valence-electron chi connectivity index (χ1n) is 4.72. The van der Waals surface area contributed by atoms with E-state index in [1.54, 1.807) is 6.07 Å². The van der Waals surface area contributed by atoms with Crippen LogP contribution in [0.2, 0.25) is 0 Å². The summed E-state index contributed by atoms with van der Waals surface area (Å²) in [5.74, 6) is 0.140. The predicted octanol–water partition coefficient (Wildman–Crippen LogP) is 1.59. The Balaban J connectivity index is 2.34. The molecule has 2 heterocycles. The van der Waals surface area contributed by atoms with Crippen molar-refractivity contribution in [1.82, 2.24) is 10.2 Å². The third-order valence-corrected chi connectivity index (χ3v) is 5.55. The van der Waals surface area contributed by atoms with Crippen LogP contribution >= 0.6 is 27.3 Å². The van der Waals surface area contributed by atoms with Crippen molar-refractivity contribution in [3.05, 3.63) is 33.1 Å². The molecule has 0 aliphatic heterocycles. The van der Waals surface area contributed by atoms with Crippen molar-refractivity contribution < 1.29 is 13.5 Å². The zero-order chi connectivity index (χ0) is 13.2. The lowest BCUT2D eigenvalue weighted by molar-refractivity contribution is 0.285. The topological polar surface area (TPSA) is 92.2 Å². The molecular weight excluding hydrogens is 342 g/mol. The van der Waals surface area contributed by atoms with Gasteiger partial charge in [0.15, 0.2) is 5.82 Å². The monoisotopic (exact) mass is 349 g/mol. The minimum atomic E-state index is -3.73. The van der Waals surface area contributed by atoms with E-state index >= 15 is 0 Å². The van der Waals surface area contributed by atoms with Crippen LogP contribution in [0.15, 0.2) is 33.1 Å². The Morgan fingerprint density at radius 1 is 1.50 bits per heavy atom. The highest BCUT2D eigenvalue weighted by atomic mass is 79.9. The van der Waals surface area contributed by atoms with E-state index in [1.165, 1.54) is 18.3 Å². The number of nitrogens with zero attached hydrogens (tertiary/aromatic N) is 2. The third kappa shape index (κ3) is 2.86. The Morgan fingerprint density at radius 3 is 2.83 bits per heavy atom. The Kier molecular flexibility index (Phi) is 3.95. The molecule has 0 spiro atoms. The minimum Gasteiger partial charge on any atom is -0.391 e. The maximum atomic E-state index is 12.1. The van der Waals surface area contributed by atoms with Crippen molar-refractivity contribution >= 4 is 43.1 Å². The summed E-state index contributed by atoms with van der Waals surface area (Å²) in [5.41, 5.74) is 0. The summed E-state index contributed by atoms with van der Waals surface area (Å²) in [6.07, 6.45) is 1.45. The molecule has 0 bridgehead atoms. The van der Waals surface area contributed by atoms with Gasteiger partial charge in [-0.1, -0.05) is 0 Å². The number of nitrogens with one attached hydrogen (secondary N) is 1. The van der Waals surface area contributed by atoms with Crippen molar-refractivity contribution in [2.45, 2.75) is 11.5 Å². The van der Waals surface area contributed by atoms with Crippen LogP contribution in [-0.4, -0.2) is 23.7 Å². The van der Waals surface area contributed by atoms with Gasteiger partial charge in [-0.2, -0.15) is 5.10 Å². The first-order valence-corrected chi connectivity index (χ1v) is 7.82. The molecular formula is C9H8BrN3O3S2. The number of rotatable bonds is 4. The fourth-order valence-electron chi connectivity index (χ4n) is 1.21. The molecule has 0 radical (unpaired) electrons. The zero-order valence-electron chi connectivity index (χ0n) is 8.87. The molecule has 2 aromatic rings. The maximum Gasteiger partial charge on any atom is 0.265 e. The maximum absolute atomic E-state index is 12.1. The average Bonchev–Trinajstić information content (AvgIpc) is 2.72. The lowest BCUT2D eigenvalue weighted by Gasteiger charge is -2.04. The number of aliphatic hydroxyl groups is 1. The number of hydrogen-bond acceptors (Lipinski definition) is 6. The van der Waals surface area contributed by atoms with E-state index in [4.69, 9.17) is 5.11 Å². The van der Waals surface area contributed by atoms with Crippen LogP contribution in [-0.2, 0) is 16.6 Å². The van der Waals surface area contributed by atoms with Crippen molar-refractivity contribution in [2.24, 2.45) is 0 Å². The highest BCUT2D eigenvalue weighted by Gasteiger charge is 2.21. The van der Waals surface area contributed by atoms with Gasteiger partial charge in [-0.05, 0) is 34.1 Å². The van der Waals surface area contributed by atoms with Gasteiger partial charge in [0.2, 0.25) is 0 Å². The van der Waals surface area contributed by atoms with Crippen LogP contribution < -0.4 is 4.72 Å². The molecule has 2 rings (SSSR count). The number of aliphatic hydroxyl groups excluding tert-OH is 1. The second-order valence-electron chi connectivity index (χ2n) is 3.22. The fraction of sp³-hybridized carbons (Fsp3) is 0.111. The first kappa shape index (κ1) is 13.4. The minimum absolute atomic E-state index is 0.0715. The Hall–Kier alpha value is -1.03. The highest BCUT2D eigenvalue weighted by molar-refractivity contribution is 9.11. The lowest BCUT2D eigenvalue weighted by Crippen LogP contribution is -2.13. The molecule has 0 aliphatic carbocycles. The molecule has 2 aromatic heterocycles. The number of thiophene rings is 1. The van der Waals surface area contributed by atoms with Crippen molar-refractivity contribution in [1.29, 1.82) is 0 Å². The summed E-state index contributed by atoms with van der Waals surface area (Å²) in [6, 6.07) is 4.48. The van der Waals surface area contributed by atoms with Crippen molar-refractivity contribution in [3.63, 3.8) is 0 Å². The predicted molar refractivity (Wildman–Crippen MR) is 70.8 cm³/mol. The summed E-state index contributed by atoms with van der Waals surface area (Å²) in [4.78, 5) is 0.628. The first-order chi connectivity index (χ1) is 8.53. The van der Waals surface area contributed by atoms with E-state index in [9.17, 15) is 8.42 Å². The van der Waals surface area contributed by atoms with E-state index in [0.29, 0.717) is 8.66 Å². The molecule has 6 nitrogen and oxygen atoms in total. The summed E-state index contributed by atoms with van der Waals surface area (Å²) >= 11 is 4.32. The van der Waals surface area contributed by atoms with E-state index in [0.717, 1.165) is 11.3 Å². The Labute approximate surface area is 116 Å². The quantitative estimate of drug-likeness (QED) is 0.874. The molecule has 0 saturated heterocycles. The largest absolute Gasteiger partial charge is 0.391 e. The summed E-state index contributed by atoms with van der Waals surface area (Å²) in [7, 11) is -3.73. The number of anilines is 1. The van der Waals surface area contributed by atoms with Crippen LogP contribution in [0.5, 0.6) is 0 Å². The van der Waals surface area contributed by atoms with E-state index in [2.05, 4.69) is 30.8 Å². The molecule has 18 heavy (non-hydrogen) atoms. The second kappa shape index (κ2) is 5.31. The van der Waals surface area contributed by atoms with Crippen molar-refractivity contribution in [2.75, 3.05) is 4.72 Å². The summed E-state index contributed by atoms with van der Waals surface area (Å²) in [6.45, 7) is -0.204. The molecule has 9 heteroatoms. The number of sulfonamides is 1. The second-order valence-corrected chi connectivity index (χ2v) is 7.33. The average molecular weight is 350 g/mol. The van der Waals surface area contributed by atoms with E-state index in [-0.39, 0.29) is 17.3 Å². The van der Waals surface area contributed by atoms with E-state index < -0.39 is 10.0 Å². The lowest BCUT2D eigenvalue weighted by atomic mass is 10.5. The van der Waals surface area contributed by atoms with E-state index in [1.807, 2.05) is 0 Å². The Bertz CT molecular complexity index is 642. The molecule has 0 atom stereocenters. The molecule has 0 fully saturated rings. The highest BCUT2D eigenvalue weighted by Crippen LogP contribution is 2.32. The molecule has 2 N–H and O–H groups in total. The van der Waals surface area contributed by atoms with Crippen LogP contribution in [0.3, 0.4) is 0 Å². The molecule has 0 aromatic carbocycles. The normalized spacial score (nSPS) is 11.4. The number of halogens is 1. The summed E-state index contributed by atoms with van der Waals surface area (Å²) < 4.78 is 26.9. The molecule has 0 unspecified atom stereocenters. The van der Waals surface area contributed by atoms with Gasteiger partial charge in [-0.15, -0.1) is 16.4 Å². The molecule has 96 valence electrons.